The Hall–Kier alpha value is -0.830. The van der Waals surface area contributed by atoms with Gasteiger partial charge < -0.3 is 9.80 Å². The number of carbonyl (C=O) groups excluding carboxylic acids is 1. The number of allylic oxidation sites excluding steroid dienone is 2. The molecular weight excluding hydrogens is 200 g/mol. The lowest BCUT2D eigenvalue weighted by molar-refractivity contribution is -0.115. The van der Waals surface area contributed by atoms with E-state index in [1.54, 1.807) is 0 Å². The molecule has 0 N–H and O–H groups in total. The molecule has 16 heavy (non-hydrogen) atoms. The Morgan fingerprint density at radius 3 is 2.44 bits per heavy atom. The molecule has 1 heterocycles. The molecule has 0 amide bonds. The summed E-state index contributed by atoms with van der Waals surface area (Å²) in [5.41, 5.74) is 2.09. The van der Waals surface area contributed by atoms with E-state index in [-0.39, 0.29) is 5.78 Å². The van der Waals surface area contributed by atoms with Crippen LogP contribution in [-0.4, -0.2) is 48.3 Å². The van der Waals surface area contributed by atoms with Crippen molar-refractivity contribution in [2.24, 2.45) is 0 Å². The predicted octanol–water partition coefficient (Wildman–Crippen LogP) is 1.90. The summed E-state index contributed by atoms with van der Waals surface area (Å²) in [7, 11) is 2.16. The quantitative estimate of drug-likeness (QED) is 0.684. The van der Waals surface area contributed by atoms with Gasteiger partial charge in [0.2, 0.25) is 0 Å². The average Bonchev–Trinajstić information content (AvgIpc) is 2.29. The summed E-state index contributed by atoms with van der Waals surface area (Å²) >= 11 is 0. The zero-order valence-corrected chi connectivity index (χ0v) is 11.2. The minimum atomic E-state index is 0.268. The number of Topliss-reactive ketones (excluding diaryl/α,β-unsaturated/α-hetero) is 1. The molecule has 0 aromatic rings. The van der Waals surface area contributed by atoms with Crippen LogP contribution in [-0.2, 0) is 4.79 Å². The van der Waals surface area contributed by atoms with Crippen molar-refractivity contribution in [3.05, 3.63) is 11.3 Å². The lowest BCUT2D eigenvalue weighted by Gasteiger charge is -2.39. The number of nitrogens with zero attached hydrogens (tertiary/aromatic N) is 2. The van der Waals surface area contributed by atoms with Crippen LogP contribution < -0.4 is 0 Å². The number of hydrogen-bond acceptors (Lipinski definition) is 3. The van der Waals surface area contributed by atoms with Gasteiger partial charge in [0.25, 0.3) is 0 Å². The third kappa shape index (κ3) is 2.85. The Kier molecular flexibility index (Phi) is 4.54. The molecule has 1 fully saturated rings. The van der Waals surface area contributed by atoms with Gasteiger partial charge >= 0.3 is 0 Å². The number of carbonyl (C=O) groups is 1. The van der Waals surface area contributed by atoms with Gasteiger partial charge in [-0.05, 0) is 27.8 Å². The second-order valence-electron chi connectivity index (χ2n) is 4.76. The molecular formula is C13H24N2O. The fraction of sp³-hybridized carbons (Fsp3) is 0.769. The molecule has 1 saturated heterocycles. The van der Waals surface area contributed by atoms with Gasteiger partial charge in [-0.1, -0.05) is 6.92 Å². The third-order valence-corrected chi connectivity index (χ3v) is 3.72. The number of piperazine rings is 1. The first-order valence-corrected chi connectivity index (χ1v) is 6.13. The summed E-state index contributed by atoms with van der Waals surface area (Å²) in [4.78, 5) is 16.3. The lowest BCUT2D eigenvalue weighted by atomic mass is 10.1. The highest BCUT2D eigenvalue weighted by Gasteiger charge is 2.22. The van der Waals surface area contributed by atoms with Gasteiger partial charge in [-0.3, -0.25) is 4.79 Å². The van der Waals surface area contributed by atoms with E-state index in [1.165, 1.54) is 0 Å². The van der Waals surface area contributed by atoms with E-state index in [0.29, 0.717) is 12.5 Å². The summed E-state index contributed by atoms with van der Waals surface area (Å²) < 4.78 is 0. The molecule has 3 nitrogen and oxygen atoms in total. The standard InChI is InChI=1S/C13H24N2O/c1-6-13(16)11(3)12(4)15-8-7-14(5)10(2)9-15/h10H,6-9H2,1-5H3/b12-11+. The fourth-order valence-electron chi connectivity index (χ4n) is 2.06. The molecule has 1 aliphatic rings. The van der Waals surface area contributed by atoms with Crippen LogP contribution >= 0.6 is 0 Å². The van der Waals surface area contributed by atoms with Gasteiger partial charge in [0.15, 0.2) is 5.78 Å². The molecule has 0 spiro atoms. The summed E-state index contributed by atoms with van der Waals surface area (Å²) in [5, 5.41) is 0. The maximum atomic E-state index is 11.6. The molecule has 0 aromatic heterocycles. The first-order valence-electron chi connectivity index (χ1n) is 6.13. The zero-order valence-electron chi connectivity index (χ0n) is 11.2. The highest BCUT2D eigenvalue weighted by molar-refractivity contribution is 5.95. The van der Waals surface area contributed by atoms with Crippen molar-refractivity contribution in [3.8, 4) is 0 Å². The molecule has 1 aliphatic heterocycles. The van der Waals surface area contributed by atoms with Crippen molar-refractivity contribution >= 4 is 5.78 Å². The van der Waals surface area contributed by atoms with E-state index in [0.717, 1.165) is 30.9 Å². The summed E-state index contributed by atoms with van der Waals surface area (Å²) in [5.74, 6) is 0.268. The van der Waals surface area contributed by atoms with Crippen LogP contribution in [0.3, 0.4) is 0 Å². The monoisotopic (exact) mass is 224 g/mol. The first kappa shape index (κ1) is 13.2. The molecule has 0 bridgehead atoms. The van der Waals surface area contributed by atoms with E-state index in [1.807, 2.05) is 13.8 Å². The highest BCUT2D eigenvalue weighted by Crippen LogP contribution is 2.16. The van der Waals surface area contributed by atoms with Crippen molar-refractivity contribution in [1.82, 2.24) is 9.80 Å². The van der Waals surface area contributed by atoms with Crippen molar-refractivity contribution in [2.45, 2.75) is 40.2 Å². The Balaban J connectivity index is 2.74. The van der Waals surface area contributed by atoms with Crippen molar-refractivity contribution in [3.63, 3.8) is 0 Å². The molecule has 0 aromatic carbocycles. The molecule has 1 unspecified atom stereocenters. The maximum absolute atomic E-state index is 11.6. The van der Waals surface area contributed by atoms with Gasteiger partial charge in [-0.2, -0.15) is 0 Å². The van der Waals surface area contributed by atoms with E-state index < -0.39 is 0 Å². The Bertz CT molecular complexity index is 296. The van der Waals surface area contributed by atoms with Gasteiger partial charge in [0.05, 0.1) is 0 Å². The van der Waals surface area contributed by atoms with Crippen LogP contribution in [0.4, 0.5) is 0 Å². The van der Waals surface area contributed by atoms with E-state index in [4.69, 9.17) is 0 Å². The number of ketones is 1. The topological polar surface area (TPSA) is 23.6 Å². The van der Waals surface area contributed by atoms with Gasteiger partial charge in [-0.25, -0.2) is 0 Å². The molecule has 92 valence electrons. The minimum absolute atomic E-state index is 0.268. The van der Waals surface area contributed by atoms with Gasteiger partial charge in [-0.15, -0.1) is 0 Å². The molecule has 3 heteroatoms. The second kappa shape index (κ2) is 5.48. The average molecular weight is 224 g/mol. The second-order valence-corrected chi connectivity index (χ2v) is 4.76. The van der Waals surface area contributed by atoms with Crippen LogP contribution in [0, 0.1) is 0 Å². The summed E-state index contributed by atoms with van der Waals surface area (Å²) in [6, 6.07) is 0.563. The number of rotatable bonds is 3. The van der Waals surface area contributed by atoms with Gasteiger partial charge in [0.1, 0.15) is 0 Å². The molecule has 0 aliphatic carbocycles. The highest BCUT2D eigenvalue weighted by atomic mass is 16.1. The van der Waals surface area contributed by atoms with Crippen molar-refractivity contribution < 1.29 is 4.79 Å². The molecule has 0 saturated carbocycles. The minimum Gasteiger partial charge on any atom is -0.372 e. The van der Waals surface area contributed by atoms with E-state index in [2.05, 4.69) is 30.7 Å². The molecule has 1 atom stereocenters. The molecule has 0 radical (unpaired) electrons. The Morgan fingerprint density at radius 1 is 1.31 bits per heavy atom. The van der Waals surface area contributed by atoms with Crippen LogP contribution in [0.2, 0.25) is 0 Å². The number of likely N-dealkylation sites (N-methyl/N-ethyl adjacent to an activating group) is 1. The van der Waals surface area contributed by atoms with Gasteiger partial charge in [0, 0.05) is 43.4 Å². The normalized spacial score (nSPS) is 24.3. The predicted molar refractivity (Wildman–Crippen MR) is 67.3 cm³/mol. The zero-order chi connectivity index (χ0) is 12.3. The Morgan fingerprint density at radius 2 is 1.94 bits per heavy atom. The number of hydrogen-bond donors (Lipinski definition) is 0. The fourth-order valence-corrected chi connectivity index (χ4v) is 2.06. The van der Waals surface area contributed by atoms with Crippen LogP contribution in [0.25, 0.3) is 0 Å². The van der Waals surface area contributed by atoms with Crippen LogP contribution in [0.1, 0.15) is 34.1 Å². The van der Waals surface area contributed by atoms with Crippen LogP contribution in [0.5, 0.6) is 0 Å². The summed E-state index contributed by atoms with van der Waals surface area (Å²) in [6.07, 6.45) is 0.604. The third-order valence-electron chi connectivity index (χ3n) is 3.72. The first-order chi connectivity index (χ1) is 7.47. The maximum Gasteiger partial charge on any atom is 0.160 e. The Labute approximate surface area is 99.1 Å². The largest absolute Gasteiger partial charge is 0.372 e. The van der Waals surface area contributed by atoms with Crippen molar-refractivity contribution in [2.75, 3.05) is 26.7 Å². The van der Waals surface area contributed by atoms with E-state index in [9.17, 15) is 4.79 Å². The van der Waals surface area contributed by atoms with E-state index >= 15 is 0 Å². The molecule has 1 rings (SSSR count). The summed E-state index contributed by atoms with van der Waals surface area (Å²) in [6.45, 7) is 11.3. The smallest absolute Gasteiger partial charge is 0.160 e. The van der Waals surface area contributed by atoms with Crippen LogP contribution in [0.15, 0.2) is 11.3 Å². The SMILES string of the molecule is CCC(=O)/C(C)=C(\C)N1CCN(C)C(C)C1. The van der Waals surface area contributed by atoms with Crippen molar-refractivity contribution in [1.29, 1.82) is 0 Å². The lowest BCUT2D eigenvalue weighted by Crippen LogP contribution is -2.49.